The van der Waals surface area contributed by atoms with E-state index in [1.54, 1.807) is 4.90 Å². The molecule has 1 amide bonds. The Kier molecular flexibility index (Phi) is 5.87. The van der Waals surface area contributed by atoms with Crippen LogP contribution < -0.4 is 4.72 Å². The Labute approximate surface area is 175 Å². The minimum atomic E-state index is -3.70. The summed E-state index contributed by atoms with van der Waals surface area (Å²) in [6.07, 6.45) is 4.15. The van der Waals surface area contributed by atoms with Gasteiger partial charge in [0.2, 0.25) is 15.9 Å². The van der Waals surface area contributed by atoms with Crippen molar-refractivity contribution in [3.63, 3.8) is 0 Å². The number of para-hydroxylation sites is 1. The van der Waals surface area contributed by atoms with Gasteiger partial charge in [-0.2, -0.15) is 0 Å². The van der Waals surface area contributed by atoms with Crippen molar-refractivity contribution in [2.24, 2.45) is 0 Å². The van der Waals surface area contributed by atoms with E-state index in [1.165, 1.54) is 12.1 Å². The smallest absolute Gasteiger partial charge is 0.240 e. The minimum absolute atomic E-state index is 0.0427. The zero-order valence-corrected chi connectivity index (χ0v) is 17.3. The Hall–Kier alpha value is -2.71. The highest BCUT2D eigenvalue weighted by Gasteiger charge is 2.26. The second kappa shape index (κ2) is 8.57. The fourth-order valence-corrected chi connectivity index (χ4v) is 5.19. The van der Waals surface area contributed by atoms with Gasteiger partial charge in [-0.1, -0.05) is 18.2 Å². The number of likely N-dealkylation sites (tertiary alicyclic amines) is 1. The van der Waals surface area contributed by atoms with E-state index in [9.17, 15) is 17.6 Å². The average Bonchev–Trinajstić information content (AvgIpc) is 3.16. The van der Waals surface area contributed by atoms with Gasteiger partial charge in [-0.05, 0) is 55.2 Å². The van der Waals surface area contributed by atoms with Gasteiger partial charge in [0.15, 0.2) is 0 Å². The molecule has 30 heavy (non-hydrogen) atoms. The van der Waals surface area contributed by atoms with Crippen LogP contribution in [-0.4, -0.2) is 43.3 Å². The van der Waals surface area contributed by atoms with Gasteiger partial charge in [0.25, 0.3) is 0 Å². The molecule has 1 aromatic heterocycles. The Morgan fingerprint density at radius 1 is 1.10 bits per heavy atom. The number of hydrogen-bond donors (Lipinski definition) is 2. The zero-order valence-electron chi connectivity index (χ0n) is 16.5. The van der Waals surface area contributed by atoms with E-state index in [-0.39, 0.29) is 16.8 Å². The van der Waals surface area contributed by atoms with Crippen LogP contribution in [0.2, 0.25) is 0 Å². The highest BCUT2D eigenvalue weighted by molar-refractivity contribution is 7.89. The first kappa shape index (κ1) is 20.6. The van der Waals surface area contributed by atoms with Gasteiger partial charge in [-0.15, -0.1) is 0 Å². The molecule has 2 aromatic carbocycles. The standard InChI is InChI=1S/C22H24FN3O3S/c23-17-6-8-19(9-7-17)30(28,29)25-18-11-13-26(14-12-18)22(27)10-5-16-15-24-21-4-2-1-3-20(16)21/h1-4,6-9,15,18,24-25H,5,10-14H2. The molecule has 0 bridgehead atoms. The van der Waals surface area contributed by atoms with Crippen molar-refractivity contribution in [2.75, 3.05) is 13.1 Å². The number of piperidine rings is 1. The summed E-state index contributed by atoms with van der Waals surface area (Å²) >= 11 is 0. The molecule has 0 atom stereocenters. The van der Waals surface area contributed by atoms with Crippen LogP contribution in [0, 0.1) is 5.82 Å². The van der Waals surface area contributed by atoms with Gasteiger partial charge in [-0.25, -0.2) is 17.5 Å². The van der Waals surface area contributed by atoms with Gasteiger partial charge in [0.05, 0.1) is 4.90 Å². The lowest BCUT2D eigenvalue weighted by Crippen LogP contribution is -2.46. The molecule has 3 aromatic rings. The lowest BCUT2D eigenvalue weighted by Gasteiger charge is -2.32. The number of nitrogens with one attached hydrogen (secondary N) is 2. The molecule has 4 rings (SSSR count). The molecule has 6 nitrogen and oxygen atoms in total. The van der Waals surface area contributed by atoms with Crippen LogP contribution in [0.25, 0.3) is 10.9 Å². The normalized spacial score (nSPS) is 15.6. The number of benzene rings is 2. The number of carbonyl (C=O) groups excluding carboxylic acids is 1. The lowest BCUT2D eigenvalue weighted by atomic mass is 10.0. The van der Waals surface area contributed by atoms with Crippen molar-refractivity contribution in [3.8, 4) is 0 Å². The fraction of sp³-hybridized carbons (Fsp3) is 0.318. The molecular formula is C22H24FN3O3S. The van der Waals surface area contributed by atoms with E-state index in [0.29, 0.717) is 38.8 Å². The maximum absolute atomic E-state index is 13.0. The van der Waals surface area contributed by atoms with Crippen LogP contribution in [-0.2, 0) is 21.2 Å². The van der Waals surface area contributed by atoms with E-state index < -0.39 is 15.8 Å². The third-order valence-corrected chi connectivity index (χ3v) is 7.11. The summed E-state index contributed by atoms with van der Waals surface area (Å²) < 4.78 is 40.6. The van der Waals surface area contributed by atoms with E-state index >= 15 is 0 Å². The van der Waals surface area contributed by atoms with Gasteiger partial charge in [-0.3, -0.25) is 4.79 Å². The van der Waals surface area contributed by atoms with Crippen LogP contribution in [0.1, 0.15) is 24.8 Å². The Bertz CT molecular complexity index is 1130. The van der Waals surface area contributed by atoms with E-state index in [2.05, 4.69) is 9.71 Å². The first-order valence-electron chi connectivity index (χ1n) is 10.0. The monoisotopic (exact) mass is 429 g/mol. The molecule has 0 unspecified atom stereocenters. The van der Waals surface area contributed by atoms with Crippen LogP contribution >= 0.6 is 0 Å². The van der Waals surface area contributed by atoms with E-state index in [0.717, 1.165) is 28.6 Å². The highest BCUT2D eigenvalue weighted by Crippen LogP contribution is 2.20. The molecule has 1 aliphatic heterocycles. The topological polar surface area (TPSA) is 82.3 Å². The van der Waals surface area contributed by atoms with Crippen molar-refractivity contribution < 1.29 is 17.6 Å². The van der Waals surface area contributed by atoms with Crippen LogP contribution in [0.5, 0.6) is 0 Å². The highest BCUT2D eigenvalue weighted by atomic mass is 32.2. The van der Waals surface area contributed by atoms with Crippen molar-refractivity contribution in [3.05, 3.63) is 66.1 Å². The predicted octanol–water partition coefficient (Wildman–Crippen LogP) is 3.21. The number of aromatic amines is 1. The molecule has 2 N–H and O–H groups in total. The van der Waals surface area contributed by atoms with Crippen molar-refractivity contribution in [1.82, 2.24) is 14.6 Å². The summed E-state index contributed by atoms with van der Waals surface area (Å²) in [5.74, 6) is -0.395. The number of carbonyl (C=O) groups is 1. The summed E-state index contributed by atoms with van der Waals surface area (Å²) in [5.41, 5.74) is 2.19. The Balaban J connectivity index is 1.28. The Morgan fingerprint density at radius 3 is 2.53 bits per heavy atom. The number of hydrogen-bond acceptors (Lipinski definition) is 3. The molecule has 2 heterocycles. The summed E-state index contributed by atoms with van der Waals surface area (Å²) in [6.45, 7) is 1.03. The first-order valence-corrected chi connectivity index (χ1v) is 11.5. The largest absolute Gasteiger partial charge is 0.361 e. The van der Waals surface area contributed by atoms with Crippen molar-refractivity contribution in [1.29, 1.82) is 0 Å². The van der Waals surface area contributed by atoms with Crippen molar-refractivity contribution >= 4 is 26.8 Å². The quantitative estimate of drug-likeness (QED) is 0.631. The number of nitrogens with zero attached hydrogens (tertiary/aromatic N) is 1. The molecule has 8 heteroatoms. The van der Waals surface area contributed by atoms with Crippen molar-refractivity contribution in [2.45, 2.75) is 36.6 Å². The molecule has 0 aliphatic carbocycles. The maximum Gasteiger partial charge on any atom is 0.240 e. The molecule has 1 fully saturated rings. The third-order valence-electron chi connectivity index (χ3n) is 5.58. The van der Waals surface area contributed by atoms with Gasteiger partial charge in [0, 0.05) is 42.7 Å². The molecular weight excluding hydrogens is 405 g/mol. The summed E-state index contributed by atoms with van der Waals surface area (Å²) in [7, 11) is -3.70. The second-order valence-corrected chi connectivity index (χ2v) is 9.30. The lowest BCUT2D eigenvalue weighted by molar-refractivity contribution is -0.132. The summed E-state index contributed by atoms with van der Waals surface area (Å²) in [4.78, 5) is 17.7. The zero-order chi connectivity index (χ0) is 21.1. The SMILES string of the molecule is O=C(CCc1c[nH]c2ccccc12)N1CCC(NS(=O)(=O)c2ccc(F)cc2)CC1. The first-order chi connectivity index (χ1) is 14.4. The van der Waals surface area contributed by atoms with Crippen LogP contribution in [0.3, 0.4) is 0 Å². The molecule has 1 saturated heterocycles. The van der Waals surface area contributed by atoms with Crippen LogP contribution in [0.4, 0.5) is 4.39 Å². The summed E-state index contributed by atoms with van der Waals surface area (Å²) in [6, 6.07) is 12.5. The third kappa shape index (κ3) is 4.55. The number of amides is 1. The molecule has 0 radical (unpaired) electrons. The fourth-order valence-electron chi connectivity index (χ4n) is 3.89. The van der Waals surface area contributed by atoms with Gasteiger partial charge < -0.3 is 9.88 Å². The van der Waals surface area contributed by atoms with Gasteiger partial charge >= 0.3 is 0 Å². The number of fused-ring (bicyclic) bond motifs is 1. The number of H-pyrrole nitrogens is 1. The predicted molar refractivity (Wildman–Crippen MR) is 113 cm³/mol. The van der Waals surface area contributed by atoms with E-state index in [1.807, 2.05) is 30.5 Å². The number of halogens is 1. The maximum atomic E-state index is 13.0. The van der Waals surface area contributed by atoms with Crippen LogP contribution in [0.15, 0.2) is 59.6 Å². The Morgan fingerprint density at radius 2 is 1.80 bits per heavy atom. The average molecular weight is 430 g/mol. The molecule has 158 valence electrons. The van der Waals surface area contributed by atoms with Gasteiger partial charge in [0.1, 0.15) is 5.82 Å². The number of aryl methyl sites for hydroxylation is 1. The minimum Gasteiger partial charge on any atom is -0.361 e. The van der Waals surface area contributed by atoms with E-state index in [4.69, 9.17) is 0 Å². The summed E-state index contributed by atoms with van der Waals surface area (Å²) in [5, 5.41) is 1.14. The number of aromatic nitrogens is 1. The molecule has 1 aliphatic rings. The number of sulfonamides is 1. The number of rotatable bonds is 6. The molecule has 0 saturated carbocycles. The second-order valence-electron chi connectivity index (χ2n) is 7.59. The molecule has 0 spiro atoms.